The van der Waals surface area contributed by atoms with Gasteiger partial charge in [0.1, 0.15) is 23.4 Å². The molecule has 2 rings (SSSR count). The number of pyridine rings is 1. The van der Waals surface area contributed by atoms with Gasteiger partial charge in [0.15, 0.2) is 0 Å². The Hall–Kier alpha value is -2.48. The standard InChI is InChI=1S/C13H9F2N3/c14-10-3-4-12(11(15)6-10)18-8-9-2-1-5-17-13(9)7-16/h1-6,18H,8H2. The van der Waals surface area contributed by atoms with E-state index in [1.807, 2.05) is 6.07 Å². The average molecular weight is 245 g/mol. The fourth-order valence-corrected chi connectivity index (χ4v) is 1.51. The topological polar surface area (TPSA) is 48.7 Å². The van der Waals surface area contributed by atoms with Crippen molar-refractivity contribution >= 4 is 5.69 Å². The van der Waals surface area contributed by atoms with Crippen molar-refractivity contribution < 1.29 is 8.78 Å². The van der Waals surface area contributed by atoms with Crippen LogP contribution in [0.5, 0.6) is 0 Å². The van der Waals surface area contributed by atoms with Gasteiger partial charge in [-0.15, -0.1) is 0 Å². The van der Waals surface area contributed by atoms with E-state index in [-0.39, 0.29) is 17.9 Å². The van der Waals surface area contributed by atoms with Gasteiger partial charge in [-0.25, -0.2) is 13.8 Å². The van der Waals surface area contributed by atoms with Crippen molar-refractivity contribution in [1.82, 2.24) is 4.98 Å². The van der Waals surface area contributed by atoms with Crippen LogP contribution in [0.15, 0.2) is 36.5 Å². The zero-order valence-corrected chi connectivity index (χ0v) is 9.32. The van der Waals surface area contributed by atoms with E-state index in [2.05, 4.69) is 10.3 Å². The van der Waals surface area contributed by atoms with Gasteiger partial charge >= 0.3 is 0 Å². The lowest BCUT2D eigenvalue weighted by Gasteiger charge is -2.08. The van der Waals surface area contributed by atoms with Crippen LogP contribution in [0, 0.1) is 23.0 Å². The molecule has 0 unspecified atom stereocenters. The summed E-state index contributed by atoms with van der Waals surface area (Å²) < 4.78 is 26.1. The molecule has 0 aliphatic carbocycles. The van der Waals surface area contributed by atoms with Gasteiger partial charge < -0.3 is 5.32 Å². The number of rotatable bonds is 3. The molecule has 0 aliphatic rings. The van der Waals surface area contributed by atoms with Crippen molar-refractivity contribution in [2.75, 3.05) is 5.32 Å². The molecule has 0 amide bonds. The van der Waals surface area contributed by atoms with Crippen molar-refractivity contribution in [3.8, 4) is 6.07 Å². The quantitative estimate of drug-likeness (QED) is 0.904. The normalized spacial score (nSPS) is 9.83. The highest BCUT2D eigenvalue weighted by Gasteiger charge is 2.05. The van der Waals surface area contributed by atoms with Gasteiger partial charge in [-0.1, -0.05) is 6.07 Å². The zero-order chi connectivity index (χ0) is 13.0. The van der Waals surface area contributed by atoms with Crippen LogP contribution in [0.25, 0.3) is 0 Å². The van der Waals surface area contributed by atoms with Gasteiger partial charge in [0.05, 0.1) is 5.69 Å². The molecule has 5 heteroatoms. The van der Waals surface area contributed by atoms with Crippen LogP contribution in [0.4, 0.5) is 14.5 Å². The molecule has 3 nitrogen and oxygen atoms in total. The second-order valence-electron chi connectivity index (χ2n) is 3.60. The molecule has 0 aliphatic heterocycles. The summed E-state index contributed by atoms with van der Waals surface area (Å²) in [6, 6.07) is 8.65. The predicted molar refractivity (Wildman–Crippen MR) is 62.6 cm³/mol. The monoisotopic (exact) mass is 245 g/mol. The summed E-state index contributed by atoms with van der Waals surface area (Å²) >= 11 is 0. The maximum absolute atomic E-state index is 13.4. The number of halogens is 2. The molecule has 90 valence electrons. The molecule has 1 heterocycles. The predicted octanol–water partition coefficient (Wildman–Crippen LogP) is 2.84. The van der Waals surface area contributed by atoms with Crippen LogP contribution in [-0.2, 0) is 6.54 Å². The molecule has 0 spiro atoms. The van der Waals surface area contributed by atoms with Crippen molar-refractivity contribution in [1.29, 1.82) is 5.26 Å². The Morgan fingerprint density at radius 1 is 1.28 bits per heavy atom. The van der Waals surface area contributed by atoms with E-state index in [9.17, 15) is 8.78 Å². The highest BCUT2D eigenvalue weighted by atomic mass is 19.1. The molecule has 0 fully saturated rings. The van der Waals surface area contributed by atoms with E-state index in [1.54, 1.807) is 12.1 Å². The molecule has 0 saturated carbocycles. The van der Waals surface area contributed by atoms with Crippen molar-refractivity contribution in [2.45, 2.75) is 6.54 Å². The first kappa shape index (κ1) is 12.0. The SMILES string of the molecule is N#Cc1ncccc1CNc1ccc(F)cc1F. The maximum Gasteiger partial charge on any atom is 0.149 e. The molecule has 1 aromatic heterocycles. The van der Waals surface area contributed by atoms with Gasteiger partial charge in [-0.05, 0) is 18.2 Å². The number of benzene rings is 1. The van der Waals surface area contributed by atoms with Gasteiger partial charge in [0, 0.05) is 24.4 Å². The fraction of sp³-hybridized carbons (Fsp3) is 0.0769. The summed E-state index contributed by atoms with van der Waals surface area (Å²) in [5.74, 6) is -1.30. The number of nitriles is 1. The first-order valence-corrected chi connectivity index (χ1v) is 5.23. The van der Waals surface area contributed by atoms with Crippen LogP contribution in [0.1, 0.15) is 11.3 Å². The van der Waals surface area contributed by atoms with Crippen LogP contribution in [0.2, 0.25) is 0 Å². The second kappa shape index (κ2) is 5.23. The van der Waals surface area contributed by atoms with Crippen LogP contribution in [-0.4, -0.2) is 4.98 Å². The highest BCUT2D eigenvalue weighted by molar-refractivity contribution is 5.46. The fourth-order valence-electron chi connectivity index (χ4n) is 1.51. The third-order valence-electron chi connectivity index (χ3n) is 2.40. The third kappa shape index (κ3) is 2.61. The Bertz CT molecular complexity index is 605. The zero-order valence-electron chi connectivity index (χ0n) is 9.32. The third-order valence-corrected chi connectivity index (χ3v) is 2.40. The molecular weight excluding hydrogens is 236 g/mol. The van der Waals surface area contributed by atoms with Crippen molar-refractivity contribution in [3.05, 3.63) is 59.4 Å². The van der Waals surface area contributed by atoms with Crippen molar-refractivity contribution in [2.24, 2.45) is 0 Å². The summed E-state index contributed by atoms with van der Waals surface area (Å²) in [5, 5.41) is 11.6. The van der Waals surface area contributed by atoms with Gasteiger partial charge in [0.2, 0.25) is 0 Å². The first-order chi connectivity index (χ1) is 8.70. The van der Waals surface area contributed by atoms with Crippen molar-refractivity contribution in [3.63, 3.8) is 0 Å². The number of hydrogen-bond acceptors (Lipinski definition) is 3. The molecule has 0 radical (unpaired) electrons. The number of aromatic nitrogens is 1. The summed E-state index contributed by atoms with van der Waals surface area (Å²) in [6.07, 6.45) is 1.51. The minimum Gasteiger partial charge on any atom is -0.378 e. The Balaban J connectivity index is 2.14. The molecular formula is C13H9F2N3. The second-order valence-corrected chi connectivity index (χ2v) is 3.60. The van der Waals surface area contributed by atoms with Gasteiger partial charge in [0.25, 0.3) is 0 Å². The molecule has 0 saturated heterocycles. The molecule has 1 aromatic carbocycles. The molecule has 0 bridgehead atoms. The summed E-state index contributed by atoms with van der Waals surface area (Å²) in [7, 11) is 0. The first-order valence-electron chi connectivity index (χ1n) is 5.23. The lowest BCUT2D eigenvalue weighted by Crippen LogP contribution is -2.04. The van der Waals surface area contributed by atoms with E-state index in [4.69, 9.17) is 5.26 Å². The van der Waals surface area contributed by atoms with E-state index in [0.717, 1.165) is 6.07 Å². The Labute approximate surface area is 103 Å². The maximum atomic E-state index is 13.4. The largest absolute Gasteiger partial charge is 0.378 e. The number of nitrogens with zero attached hydrogens (tertiary/aromatic N) is 2. The van der Waals surface area contributed by atoms with E-state index >= 15 is 0 Å². The summed E-state index contributed by atoms with van der Waals surface area (Å²) in [5.41, 5.74) is 1.13. The average Bonchev–Trinajstić information content (AvgIpc) is 2.38. The number of anilines is 1. The highest BCUT2D eigenvalue weighted by Crippen LogP contribution is 2.16. The molecule has 1 N–H and O–H groups in total. The lowest BCUT2D eigenvalue weighted by atomic mass is 10.2. The number of hydrogen-bond donors (Lipinski definition) is 1. The van der Waals surface area contributed by atoms with Crippen LogP contribution in [0.3, 0.4) is 0 Å². The Kier molecular flexibility index (Phi) is 3.49. The minimum atomic E-state index is -0.669. The molecule has 18 heavy (non-hydrogen) atoms. The molecule has 0 atom stereocenters. The minimum absolute atomic E-state index is 0.184. The molecule has 2 aromatic rings. The van der Waals surface area contributed by atoms with Crippen LogP contribution < -0.4 is 5.32 Å². The van der Waals surface area contributed by atoms with Crippen LogP contribution >= 0.6 is 0 Å². The van der Waals surface area contributed by atoms with Gasteiger partial charge in [-0.2, -0.15) is 5.26 Å². The van der Waals surface area contributed by atoms with E-state index in [0.29, 0.717) is 5.56 Å². The smallest absolute Gasteiger partial charge is 0.149 e. The Morgan fingerprint density at radius 2 is 2.11 bits per heavy atom. The summed E-state index contributed by atoms with van der Waals surface area (Å²) in [6.45, 7) is 0.249. The lowest BCUT2D eigenvalue weighted by molar-refractivity contribution is 0.585. The summed E-state index contributed by atoms with van der Waals surface area (Å²) in [4.78, 5) is 3.89. The number of nitrogens with one attached hydrogen (secondary N) is 1. The van der Waals surface area contributed by atoms with E-state index in [1.165, 1.54) is 18.3 Å². The Morgan fingerprint density at radius 3 is 2.83 bits per heavy atom. The van der Waals surface area contributed by atoms with E-state index < -0.39 is 11.6 Å². The van der Waals surface area contributed by atoms with Gasteiger partial charge in [-0.3, -0.25) is 0 Å².